The van der Waals surface area contributed by atoms with Crippen LogP contribution in [-0.2, 0) is 0 Å². The standard InChI is InChI=1S/C11H12BO.C2H2/c1-3-9(4-2)10-6-5-7-11(8-10)12-13;1-2/h3-8,13H,1H2,2H3;1-2H/b9-4+;. The highest BCUT2D eigenvalue weighted by molar-refractivity contribution is 6.45. The van der Waals surface area contributed by atoms with Crippen LogP contribution in [0.5, 0.6) is 0 Å². The van der Waals surface area contributed by atoms with Gasteiger partial charge in [0, 0.05) is 0 Å². The molecule has 0 atom stereocenters. The molecule has 0 bridgehead atoms. The first-order chi connectivity index (χ1) is 7.31. The molecular formula is C13H14BO. The first-order valence-electron chi connectivity index (χ1n) is 4.51. The Kier molecular flexibility index (Phi) is 6.79. The Balaban J connectivity index is 0.000000921. The van der Waals surface area contributed by atoms with E-state index in [1.165, 1.54) is 0 Å². The number of terminal acetylenes is 1. The van der Waals surface area contributed by atoms with Gasteiger partial charge < -0.3 is 5.02 Å². The summed E-state index contributed by atoms with van der Waals surface area (Å²) < 4.78 is 0. The van der Waals surface area contributed by atoms with Crippen LogP contribution in [0.4, 0.5) is 0 Å². The summed E-state index contributed by atoms with van der Waals surface area (Å²) in [6.45, 7) is 5.69. The lowest BCUT2D eigenvalue weighted by Crippen LogP contribution is -2.13. The zero-order valence-corrected chi connectivity index (χ0v) is 8.85. The molecule has 0 saturated heterocycles. The van der Waals surface area contributed by atoms with Gasteiger partial charge in [-0.1, -0.05) is 48.5 Å². The van der Waals surface area contributed by atoms with E-state index >= 15 is 0 Å². The highest BCUT2D eigenvalue weighted by Gasteiger charge is 1.98. The van der Waals surface area contributed by atoms with Gasteiger partial charge in [0.25, 0.3) is 0 Å². The minimum atomic E-state index is 0.804. The molecule has 1 rings (SSSR count). The molecule has 75 valence electrons. The topological polar surface area (TPSA) is 20.2 Å². The molecule has 15 heavy (non-hydrogen) atoms. The van der Waals surface area contributed by atoms with Gasteiger partial charge in [0.1, 0.15) is 0 Å². The fourth-order valence-corrected chi connectivity index (χ4v) is 1.20. The van der Waals surface area contributed by atoms with E-state index in [1.807, 2.05) is 37.3 Å². The molecule has 0 aromatic heterocycles. The fraction of sp³-hybridized carbons (Fsp3) is 0.0769. The third kappa shape index (κ3) is 3.89. The van der Waals surface area contributed by atoms with Gasteiger partial charge in [-0.3, -0.25) is 0 Å². The second-order valence-corrected chi connectivity index (χ2v) is 2.70. The van der Waals surface area contributed by atoms with Crippen molar-refractivity contribution in [2.45, 2.75) is 6.92 Å². The van der Waals surface area contributed by atoms with Crippen LogP contribution < -0.4 is 5.46 Å². The Morgan fingerprint density at radius 1 is 1.47 bits per heavy atom. The van der Waals surface area contributed by atoms with Gasteiger partial charge in [-0.2, -0.15) is 0 Å². The van der Waals surface area contributed by atoms with Crippen LogP contribution >= 0.6 is 0 Å². The maximum atomic E-state index is 8.82. The van der Waals surface area contributed by atoms with Gasteiger partial charge in [0.2, 0.25) is 0 Å². The summed E-state index contributed by atoms with van der Waals surface area (Å²) in [6, 6.07) is 7.66. The molecule has 0 heterocycles. The van der Waals surface area contributed by atoms with Crippen LogP contribution in [0.15, 0.2) is 43.0 Å². The SMILES string of the molecule is C#C.C=C/C(=C\C)c1cccc([B]O)c1. The zero-order chi connectivity index (χ0) is 11.7. The average molecular weight is 197 g/mol. The predicted octanol–water partition coefficient (Wildman–Crippen LogP) is 1.76. The number of hydrogen-bond donors (Lipinski definition) is 1. The molecule has 1 N–H and O–H groups in total. The Labute approximate surface area is 92.4 Å². The highest BCUT2D eigenvalue weighted by Crippen LogP contribution is 2.12. The molecule has 0 amide bonds. The normalized spacial score (nSPS) is 9.73. The minimum absolute atomic E-state index is 0.804. The fourth-order valence-electron chi connectivity index (χ4n) is 1.20. The monoisotopic (exact) mass is 197 g/mol. The van der Waals surface area contributed by atoms with Gasteiger partial charge in [0.15, 0.2) is 0 Å². The van der Waals surface area contributed by atoms with Crippen LogP contribution in [0, 0.1) is 12.8 Å². The number of hydrogen-bond acceptors (Lipinski definition) is 1. The van der Waals surface area contributed by atoms with Gasteiger partial charge in [0.05, 0.1) is 0 Å². The number of allylic oxidation sites excluding steroid dienone is 3. The largest absolute Gasteiger partial charge is 0.450 e. The van der Waals surface area contributed by atoms with Crippen LogP contribution in [0.25, 0.3) is 5.57 Å². The molecule has 1 aromatic carbocycles. The van der Waals surface area contributed by atoms with E-state index in [4.69, 9.17) is 5.02 Å². The maximum absolute atomic E-state index is 8.82. The van der Waals surface area contributed by atoms with Crippen molar-refractivity contribution < 1.29 is 5.02 Å². The van der Waals surface area contributed by atoms with Crippen LogP contribution in [0.3, 0.4) is 0 Å². The van der Waals surface area contributed by atoms with E-state index < -0.39 is 0 Å². The average Bonchev–Trinajstić information content (AvgIpc) is 2.33. The quantitative estimate of drug-likeness (QED) is 0.444. The summed E-state index contributed by atoms with van der Waals surface area (Å²) in [7, 11) is 1.10. The lowest BCUT2D eigenvalue weighted by molar-refractivity contribution is 0.615. The third-order valence-corrected chi connectivity index (χ3v) is 1.90. The molecule has 1 aromatic rings. The van der Waals surface area contributed by atoms with E-state index in [0.29, 0.717) is 0 Å². The van der Waals surface area contributed by atoms with Gasteiger partial charge in [-0.15, -0.1) is 12.8 Å². The lowest BCUT2D eigenvalue weighted by atomic mass is 9.86. The smallest absolute Gasteiger partial charge is 0.326 e. The number of benzene rings is 1. The molecule has 0 aliphatic rings. The van der Waals surface area contributed by atoms with Gasteiger partial charge in [-0.05, 0) is 18.1 Å². The van der Waals surface area contributed by atoms with Crippen LogP contribution in [-0.4, -0.2) is 12.5 Å². The molecule has 0 unspecified atom stereocenters. The Morgan fingerprint density at radius 3 is 2.60 bits per heavy atom. The predicted molar refractivity (Wildman–Crippen MR) is 67.8 cm³/mol. The van der Waals surface area contributed by atoms with Crippen molar-refractivity contribution in [1.29, 1.82) is 0 Å². The summed E-state index contributed by atoms with van der Waals surface area (Å²) in [5, 5.41) is 8.82. The second-order valence-electron chi connectivity index (χ2n) is 2.70. The van der Waals surface area contributed by atoms with Crippen LogP contribution in [0.1, 0.15) is 12.5 Å². The highest BCUT2D eigenvalue weighted by atomic mass is 16.2. The molecule has 0 aliphatic carbocycles. The maximum Gasteiger partial charge on any atom is 0.326 e. The Bertz CT molecular complexity index is 364. The summed E-state index contributed by atoms with van der Waals surface area (Å²) in [5.74, 6) is 0. The summed E-state index contributed by atoms with van der Waals surface area (Å²) in [6.07, 6.45) is 11.8. The van der Waals surface area contributed by atoms with E-state index in [2.05, 4.69) is 19.4 Å². The zero-order valence-electron chi connectivity index (χ0n) is 8.85. The van der Waals surface area contributed by atoms with Crippen molar-refractivity contribution in [3.8, 4) is 12.8 Å². The van der Waals surface area contributed by atoms with Crippen molar-refractivity contribution in [2.24, 2.45) is 0 Å². The molecule has 2 heteroatoms. The third-order valence-electron chi connectivity index (χ3n) is 1.90. The summed E-state index contributed by atoms with van der Waals surface area (Å²) in [5.41, 5.74) is 2.95. The Hall–Kier alpha value is -1.72. The summed E-state index contributed by atoms with van der Waals surface area (Å²) >= 11 is 0. The Morgan fingerprint density at radius 2 is 2.13 bits per heavy atom. The molecule has 1 radical (unpaired) electrons. The second kappa shape index (κ2) is 7.67. The van der Waals surface area contributed by atoms with Crippen molar-refractivity contribution in [2.75, 3.05) is 0 Å². The molecular weight excluding hydrogens is 183 g/mol. The summed E-state index contributed by atoms with van der Waals surface area (Å²) in [4.78, 5) is 0. The first-order valence-corrected chi connectivity index (χ1v) is 4.51. The van der Waals surface area contributed by atoms with E-state index in [9.17, 15) is 0 Å². The molecule has 0 aliphatic heterocycles. The van der Waals surface area contributed by atoms with Crippen molar-refractivity contribution >= 4 is 18.5 Å². The van der Waals surface area contributed by atoms with E-state index in [1.54, 1.807) is 6.08 Å². The lowest BCUT2D eigenvalue weighted by Gasteiger charge is -2.02. The number of rotatable bonds is 3. The van der Waals surface area contributed by atoms with Crippen molar-refractivity contribution in [3.63, 3.8) is 0 Å². The van der Waals surface area contributed by atoms with Crippen molar-refractivity contribution in [1.82, 2.24) is 0 Å². The van der Waals surface area contributed by atoms with Crippen LogP contribution in [0.2, 0.25) is 0 Å². The van der Waals surface area contributed by atoms with Crippen molar-refractivity contribution in [3.05, 3.63) is 48.6 Å². The minimum Gasteiger partial charge on any atom is -0.450 e. The van der Waals surface area contributed by atoms with E-state index in [0.717, 1.165) is 24.1 Å². The molecule has 0 spiro atoms. The molecule has 1 nitrogen and oxygen atoms in total. The van der Waals surface area contributed by atoms with E-state index in [-0.39, 0.29) is 0 Å². The van der Waals surface area contributed by atoms with Gasteiger partial charge >= 0.3 is 7.48 Å². The van der Waals surface area contributed by atoms with Gasteiger partial charge in [-0.25, -0.2) is 0 Å². The molecule has 0 fully saturated rings. The first kappa shape index (κ1) is 13.3. The molecule has 0 saturated carbocycles.